The fourth-order valence-electron chi connectivity index (χ4n) is 0.503. The molecule has 0 aliphatic carbocycles. The number of hydrogen-bond donors (Lipinski definition) is 0. The molecule has 6 heavy (non-hydrogen) atoms. The van der Waals surface area contributed by atoms with E-state index in [-0.39, 0.29) is 17.9 Å². The molecule has 2 amide bonds. The molecule has 3 nitrogen and oxygen atoms in total. The van der Waals surface area contributed by atoms with Crippen LogP contribution in [0.3, 0.4) is 0 Å². The van der Waals surface area contributed by atoms with Gasteiger partial charge in [0, 0.05) is 0 Å². The number of imide groups is 1. The summed E-state index contributed by atoms with van der Waals surface area (Å²) in [7, 11) is 0. The van der Waals surface area contributed by atoms with Gasteiger partial charge in [0.1, 0.15) is 0 Å². The molecule has 0 spiro atoms. The average molecular weight is 83.0 g/mol. The minimum atomic E-state index is -0.259. The molecule has 0 aromatic carbocycles. The van der Waals surface area contributed by atoms with Crippen molar-refractivity contribution in [2.45, 2.75) is 6.04 Å². The predicted octanol–water partition coefficient (Wildman–Crippen LogP) is -1.26. The lowest BCUT2D eigenvalue weighted by atomic mass is 10.5. The van der Waals surface area contributed by atoms with Crippen molar-refractivity contribution in [3.63, 3.8) is 0 Å². The van der Waals surface area contributed by atoms with Crippen LogP contribution in [-0.4, -0.2) is 22.8 Å². The second kappa shape index (κ2) is 0.329. The van der Waals surface area contributed by atoms with Crippen LogP contribution >= 0.6 is 0 Å². The van der Waals surface area contributed by atoms with Crippen LogP contribution in [-0.2, 0) is 9.59 Å². The van der Waals surface area contributed by atoms with Gasteiger partial charge in [-0.05, 0) is 0 Å². The van der Waals surface area contributed by atoms with Crippen molar-refractivity contribution in [1.82, 2.24) is 4.90 Å². The van der Waals surface area contributed by atoms with E-state index in [1.807, 2.05) is 0 Å². The number of nitrogens with zero attached hydrogens (tertiary/aromatic N) is 1. The Morgan fingerprint density at radius 2 is 1.67 bits per heavy atom. The molecule has 0 N–H and O–H groups in total. The monoisotopic (exact) mass is 83.0 g/mol. The molecule has 2 heterocycles. The first-order chi connectivity index (χ1) is 2.82. The highest BCUT2D eigenvalue weighted by atomic mass is 16.2. The molecule has 0 aromatic heterocycles. The zero-order valence-electron chi connectivity index (χ0n) is 2.84. The molecule has 2 aliphatic heterocycles. The van der Waals surface area contributed by atoms with E-state index in [0.717, 1.165) is 0 Å². The second-order valence-electron chi connectivity index (χ2n) is 1.45. The van der Waals surface area contributed by atoms with Crippen LogP contribution in [0.5, 0.6) is 0 Å². The van der Waals surface area contributed by atoms with Crippen molar-refractivity contribution in [2.24, 2.45) is 0 Å². The molecule has 2 saturated heterocycles. The second-order valence-corrected chi connectivity index (χ2v) is 1.45. The van der Waals surface area contributed by atoms with Crippen molar-refractivity contribution in [2.75, 3.05) is 0 Å². The summed E-state index contributed by atoms with van der Waals surface area (Å²) in [6.07, 6.45) is 0. The van der Waals surface area contributed by atoms with Crippen molar-refractivity contribution in [1.29, 1.82) is 0 Å². The molecule has 2 fully saturated rings. The molecule has 0 saturated carbocycles. The molecule has 0 aromatic rings. The quantitative estimate of drug-likeness (QED) is 0.208. The number of rotatable bonds is 0. The van der Waals surface area contributed by atoms with E-state index in [1.165, 1.54) is 4.90 Å². The summed E-state index contributed by atoms with van der Waals surface area (Å²) in [6.45, 7) is 0. The fourth-order valence-corrected chi connectivity index (χ4v) is 0.503. The van der Waals surface area contributed by atoms with Gasteiger partial charge in [-0.2, -0.15) is 0 Å². The van der Waals surface area contributed by atoms with Crippen LogP contribution in [0.2, 0.25) is 0 Å². The zero-order valence-corrected chi connectivity index (χ0v) is 2.84. The summed E-state index contributed by atoms with van der Waals surface area (Å²) >= 11 is 0. The van der Waals surface area contributed by atoms with E-state index < -0.39 is 0 Å². The lowest BCUT2D eigenvalue weighted by Gasteiger charge is -1.66. The summed E-state index contributed by atoms with van der Waals surface area (Å²) in [5, 5.41) is 0. The molecule has 0 radical (unpaired) electrons. The Balaban J connectivity index is 2.42. The van der Waals surface area contributed by atoms with Gasteiger partial charge in [0.15, 0.2) is 6.04 Å². The maximum Gasteiger partial charge on any atom is 0.263 e. The molecule has 0 bridgehead atoms. The minimum Gasteiger partial charge on any atom is -0.271 e. The highest BCUT2D eigenvalue weighted by Crippen LogP contribution is 2.37. The van der Waals surface area contributed by atoms with Gasteiger partial charge in [-0.3, -0.25) is 14.5 Å². The first kappa shape index (κ1) is 2.34. The van der Waals surface area contributed by atoms with Gasteiger partial charge in [0.2, 0.25) is 0 Å². The number of fused-ring (bicyclic) bond motifs is 1. The highest BCUT2D eigenvalue weighted by molar-refractivity contribution is 6.39. The van der Waals surface area contributed by atoms with Gasteiger partial charge in [-0.25, -0.2) is 0 Å². The summed E-state index contributed by atoms with van der Waals surface area (Å²) in [5.74, 6) is 0.000000000000000444. The lowest BCUT2D eigenvalue weighted by molar-refractivity contribution is -0.127. The van der Waals surface area contributed by atoms with Crippen molar-refractivity contribution in [3.8, 4) is 0 Å². The van der Waals surface area contributed by atoms with E-state index in [2.05, 4.69) is 0 Å². The lowest BCUT2D eigenvalue weighted by Crippen LogP contribution is -2.01. The first-order valence-electron chi connectivity index (χ1n) is 1.69. The number of amides is 2. The smallest absolute Gasteiger partial charge is 0.263 e. The standard InChI is InChI=1S/C3HNO2/c5-2-1-3(6)4(1)2/h1H. The Kier molecular flexibility index (Phi) is 0.128. The maximum absolute atomic E-state index is 9.85. The first-order valence-corrected chi connectivity index (χ1v) is 1.69. The molecular formula is C3HNO2. The van der Waals surface area contributed by atoms with Gasteiger partial charge in [-0.1, -0.05) is 0 Å². The summed E-state index contributed by atoms with van der Waals surface area (Å²) in [6, 6.07) is -0.259. The maximum atomic E-state index is 9.85. The van der Waals surface area contributed by atoms with Crippen LogP contribution in [0.25, 0.3) is 0 Å². The van der Waals surface area contributed by atoms with Crippen LogP contribution in [0.4, 0.5) is 0 Å². The molecular weight excluding hydrogens is 82.0 g/mol. The third kappa shape index (κ3) is 0.0627. The van der Waals surface area contributed by atoms with E-state index in [9.17, 15) is 9.59 Å². The molecule has 0 unspecified atom stereocenters. The molecule has 2 aliphatic rings. The number of hydrogen-bond acceptors (Lipinski definition) is 2. The van der Waals surface area contributed by atoms with Crippen LogP contribution in [0.15, 0.2) is 0 Å². The summed E-state index contributed by atoms with van der Waals surface area (Å²) < 4.78 is 0. The Bertz CT molecular complexity index is 121. The zero-order chi connectivity index (χ0) is 4.31. The third-order valence-electron chi connectivity index (χ3n) is 1.07. The Morgan fingerprint density at radius 1 is 1.33 bits per heavy atom. The van der Waals surface area contributed by atoms with Crippen molar-refractivity contribution >= 4 is 11.8 Å². The largest absolute Gasteiger partial charge is 0.271 e. The average Bonchev–Trinajstić information content (AvgIpc) is 2.28. The van der Waals surface area contributed by atoms with E-state index in [0.29, 0.717) is 0 Å². The summed E-state index contributed by atoms with van der Waals surface area (Å²) in [4.78, 5) is 20.9. The molecule has 0 atom stereocenters. The Labute approximate surface area is 33.5 Å². The van der Waals surface area contributed by atoms with Crippen LogP contribution < -0.4 is 0 Å². The van der Waals surface area contributed by atoms with Gasteiger partial charge in [0.25, 0.3) is 11.8 Å². The summed E-state index contributed by atoms with van der Waals surface area (Å²) in [5.41, 5.74) is 0. The fraction of sp³-hybridized carbons (Fsp3) is 0.333. The number of carbonyl (C=O) groups is 2. The Morgan fingerprint density at radius 3 is 1.67 bits per heavy atom. The SMILES string of the molecule is O=C1C2C(=O)N12. The van der Waals surface area contributed by atoms with Crippen molar-refractivity contribution in [3.05, 3.63) is 0 Å². The van der Waals surface area contributed by atoms with Gasteiger partial charge in [-0.15, -0.1) is 0 Å². The normalized spacial score (nSPS) is 27.7. The van der Waals surface area contributed by atoms with E-state index in [4.69, 9.17) is 0 Å². The number of β-lactam (4-membered cyclic amide) rings is 2. The third-order valence-corrected chi connectivity index (χ3v) is 1.07. The highest BCUT2D eigenvalue weighted by Gasteiger charge is 2.73. The van der Waals surface area contributed by atoms with Gasteiger partial charge >= 0.3 is 0 Å². The van der Waals surface area contributed by atoms with E-state index in [1.54, 1.807) is 0 Å². The Hall–Kier alpha value is -0.860. The topological polar surface area (TPSA) is 37.1 Å². The molecule has 3 heteroatoms. The molecule has 2 rings (SSSR count). The van der Waals surface area contributed by atoms with Crippen molar-refractivity contribution < 1.29 is 9.59 Å². The number of carbonyl (C=O) groups excluding carboxylic acids is 2. The van der Waals surface area contributed by atoms with E-state index >= 15 is 0 Å². The predicted molar refractivity (Wildman–Crippen MR) is 15.6 cm³/mol. The van der Waals surface area contributed by atoms with Crippen LogP contribution in [0.1, 0.15) is 0 Å². The van der Waals surface area contributed by atoms with Gasteiger partial charge in [0.05, 0.1) is 0 Å². The molecule has 30 valence electrons. The van der Waals surface area contributed by atoms with Crippen LogP contribution in [0, 0.1) is 0 Å². The van der Waals surface area contributed by atoms with Gasteiger partial charge < -0.3 is 0 Å². The minimum absolute atomic E-state index is 0.000000000000000222.